The van der Waals surface area contributed by atoms with Gasteiger partial charge in [-0.1, -0.05) is 35.3 Å². The van der Waals surface area contributed by atoms with Crippen LogP contribution in [0.2, 0.25) is 10.0 Å². The molecule has 0 aliphatic rings. The van der Waals surface area contributed by atoms with E-state index >= 15 is 0 Å². The zero-order valence-electron chi connectivity index (χ0n) is 12.0. The van der Waals surface area contributed by atoms with Gasteiger partial charge in [-0.3, -0.25) is 4.31 Å². The van der Waals surface area contributed by atoms with Crippen LogP contribution >= 0.6 is 23.2 Å². The fourth-order valence-electron chi connectivity index (χ4n) is 2.00. The molecule has 2 aromatic rings. The average Bonchev–Trinajstić information content (AvgIpc) is 2.49. The van der Waals surface area contributed by atoms with Gasteiger partial charge in [-0.25, -0.2) is 13.2 Å². The third-order valence-corrected chi connectivity index (χ3v) is 5.64. The van der Waals surface area contributed by atoms with Crippen LogP contribution in [0.3, 0.4) is 0 Å². The van der Waals surface area contributed by atoms with E-state index in [9.17, 15) is 18.3 Å². The van der Waals surface area contributed by atoms with Crippen LogP contribution in [-0.4, -0.2) is 25.5 Å². The van der Waals surface area contributed by atoms with Crippen LogP contribution in [0.25, 0.3) is 0 Å². The molecule has 0 aliphatic carbocycles. The van der Waals surface area contributed by atoms with Crippen LogP contribution in [0, 0.1) is 0 Å². The molecule has 0 aliphatic heterocycles. The minimum Gasteiger partial charge on any atom is -0.480 e. The number of carboxylic acids is 1. The van der Waals surface area contributed by atoms with Crippen molar-refractivity contribution in [2.45, 2.75) is 17.9 Å². The molecule has 5 nitrogen and oxygen atoms in total. The highest BCUT2D eigenvalue weighted by atomic mass is 35.5. The highest BCUT2D eigenvalue weighted by Crippen LogP contribution is 2.32. The second-order valence-corrected chi connectivity index (χ2v) is 7.38. The molecule has 0 aromatic heterocycles. The van der Waals surface area contributed by atoms with Crippen molar-refractivity contribution >= 4 is 44.9 Å². The molecule has 0 spiro atoms. The number of carboxylic acid groups (broad SMARTS) is 1. The largest absolute Gasteiger partial charge is 0.480 e. The maximum atomic E-state index is 12.9. The number of para-hydroxylation sites is 1. The van der Waals surface area contributed by atoms with Gasteiger partial charge in [-0.15, -0.1) is 0 Å². The summed E-state index contributed by atoms with van der Waals surface area (Å²) in [4.78, 5) is 11.3. The lowest BCUT2D eigenvalue weighted by Crippen LogP contribution is -2.43. The number of anilines is 1. The Balaban J connectivity index is 2.64. The Bertz CT molecular complexity index is 822. The van der Waals surface area contributed by atoms with Crippen molar-refractivity contribution in [3.8, 4) is 0 Å². The van der Waals surface area contributed by atoms with E-state index in [1.54, 1.807) is 12.1 Å². The number of hydrogen-bond acceptors (Lipinski definition) is 3. The number of benzene rings is 2. The summed E-state index contributed by atoms with van der Waals surface area (Å²) in [5.41, 5.74) is 0.0963. The summed E-state index contributed by atoms with van der Waals surface area (Å²) in [6, 6.07) is 10.3. The summed E-state index contributed by atoms with van der Waals surface area (Å²) in [7, 11) is -4.13. The third-order valence-electron chi connectivity index (χ3n) is 3.17. The molecule has 0 saturated heterocycles. The third kappa shape index (κ3) is 3.60. The van der Waals surface area contributed by atoms with Crippen molar-refractivity contribution in [2.75, 3.05) is 4.31 Å². The van der Waals surface area contributed by atoms with Crippen molar-refractivity contribution < 1.29 is 18.3 Å². The first kappa shape index (κ1) is 17.6. The summed E-state index contributed by atoms with van der Waals surface area (Å²) >= 11 is 11.8. The van der Waals surface area contributed by atoms with Crippen LogP contribution in [0.5, 0.6) is 0 Å². The summed E-state index contributed by atoms with van der Waals surface area (Å²) < 4.78 is 26.6. The Hall–Kier alpha value is -1.76. The van der Waals surface area contributed by atoms with Gasteiger partial charge in [0.25, 0.3) is 10.0 Å². The zero-order chi connectivity index (χ0) is 17.2. The molecule has 1 unspecified atom stereocenters. The van der Waals surface area contributed by atoms with Crippen molar-refractivity contribution in [2.24, 2.45) is 0 Å². The van der Waals surface area contributed by atoms with Gasteiger partial charge in [0.15, 0.2) is 0 Å². The Kier molecular flexibility index (Phi) is 5.19. The predicted molar refractivity (Wildman–Crippen MR) is 89.7 cm³/mol. The number of nitrogens with zero attached hydrogens (tertiary/aromatic N) is 1. The number of sulfonamides is 1. The molecule has 122 valence electrons. The summed E-state index contributed by atoms with van der Waals surface area (Å²) in [6.07, 6.45) is 0. The fraction of sp³-hybridized carbons (Fsp3) is 0.133. The first-order valence-corrected chi connectivity index (χ1v) is 8.72. The zero-order valence-corrected chi connectivity index (χ0v) is 14.3. The molecular formula is C15H13Cl2NO4S. The Morgan fingerprint density at radius 3 is 2.17 bits per heavy atom. The summed E-state index contributed by atoms with van der Waals surface area (Å²) in [5, 5.41) is 9.80. The van der Waals surface area contributed by atoms with E-state index < -0.39 is 22.0 Å². The molecule has 1 N–H and O–H groups in total. The summed E-state index contributed by atoms with van der Waals surface area (Å²) in [6.45, 7) is 1.28. The summed E-state index contributed by atoms with van der Waals surface area (Å²) in [5.74, 6) is -1.29. The highest BCUT2D eigenvalue weighted by molar-refractivity contribution is 7.93. The predicted octanol–water partition coefficient (Wildman–Crippen LogP) is 3.66. The van der Waals surface area contributed by atoms with E-state index in [0.717, 1.165) is 4.31 Å². The lowest BCUT2D eigenvalue weighted by molar-refractivity contribution is -0.137. The molecule has 1 atom stereocenters. The van der Waals surface area contributed by atoms with Gasteiger partial charge in [-0.2, -0.15) is 0 Å². The van der Waals surface area contributed by atoms with Crippen LogP contribution in [-0.2, 0) is 14.8 Å². The standard InChI is InChI=1S/C15H13Cl2NO4S/c1-10(15(19)20)18(14-5-3-2-4-13(14)17)23(21,22)12-8-6-11(16)7-9-12/h2-10H,1H3,(H,19,20). The SMILES string of the molecule is CC(C(=O)O)N(c1ccccc1Cl)S(=O)(=O)c1ccc(Cl)cc1. The van der Waals surface area contributed by atoms with Crippen molar-refractivity contribution in [1.29, 1.82) is 0 Å². The number of halogens is 2. The minimum absolute atomic E-state index is 0.0741. The first-order chi connectivity index (χ1) is 10.7. The molecule has 0 radical (unpaired) electrons. The molecule has 0 saturated carbocycles. The Morgan fingerprint density at radius 2 is 1.65 bits per heavy atom. The lowest BCUT2D eigenvalue weighted by Gasteiger charge is -2.28. The van der Waals surface area contributed by atoms with E-state index in [-0.39, 0.29) is 15.6 Å². The number of rotatable bonds is 5. The minimum atomic E-state index is -4.13. The van der Waals surface area contributed by atoms with E-state index in [0.29, 0.717) is 5.02 Å². The molecule has 0 fully saturated rings. The highest BCUT2D eigenvalue weighted by Gasteiger charge is 2.34. The van der Waals surface area contributed by atoms with Crippen LogP contribution < -0.4 is 4.31 Å². The number of carbonyl (C=O) groups is 1. The average molecular weight is 374 g/mol. The second kappa shape index (κ2) is 6.78. The molecule has 8 heteroatoms. The van der Waals surface area contributed by atoms with E-state index in [4.69, 9.17) is 23.2 Å². The van der Waals surface area contributed by atoms with Gasteiger partial charge in [0.1, 0.15) is 6.04 Å². The van der Waals surface area contributed by atoms with Crippen molar-refractivity contribution in [1.82, 2.24) is 0 Å². The molecule has 0 heterocycles. The van der Waals surface area contributed by atoms with E-state index in [2.05, 4.69) is 0 Å². The normalized spacial score (nSPS) is 12.7. The van der Waals surface area contributed by atoms with E-state index in [1.165, 1.54) is 43.3 Å². The van der Waals surface area contributed by atoms with E-state index in [1.807, 2.05) is 0 Å². The molecule has 23 heavy (non-hydrogen) atoms. The van der Waals surface area contributed by atoms with Gasteiger partial charge in [0, 0.05) is 5.02 Å². The Morgan fingerprint density at radius 1 is 1.09 bits per heavy atom. The molecule has 2 aromatic carbocycles. The monoisotopic (exact) mass is 373 g/mol. The van der Waals surface area contributed by atoms with Crippen LogP contribution in [0.15, 0.2) is 53.4 Å². The van der Waals surface area contributed by atoms with Crippen LogP contribution in [0.1, 0.15) is 6.92 Å². The fourth-order valence-corrected chi connectivity index (χ4v) is 4.03. The van der Waals surface area contributed by atoms with Gasteiger partial charge in [-0.05, 0) is 43.3 Å². The number of aliphatic carboxylic acids is 1. The first-order valence-electron chi connectivity index (χ1n) is 6.52. The van der Waals surface area contributed by atoms with Crippen molar-refractivity contribution in [3.63, 3.8) is 0 Å². The second-order valence-electron chi connectivity index (χ2n) is 4.72. The van der Waals surface area contributed by atoms with Crippen molar-refractivity contribution in [3.05, 3.63) is 58.6 Å². The quantitative estimate of drug-likeness (QED) is 0.867. The maximum Gasteiger partial charge on any atom is 0.327 e. The Labute approximate surface area is 144 Å². The van der Waals surface area contributed by atoms with Gasteiger partial charge < -0.3 is 5.11 Å². The molecule has 2 rings (SSSR count). The lowest BCUT2D eigenvalue weighted by atomic mass is 10.2. The molecular weight excluding hydrogens is 361 g/mol. The van der Waals surface area contributed by atoms with Gasteiger partial charge in [0.2, 0.25) is 0 Å². The smallest absolute Gasteiger partial charge is 0.327 e. The van der Waals surface area contributed by atoms with Crippen LogP contribution in [0.4, 0.5) is 5.69 Å². The maximum absolute atomic E-state index is 12.9. The molecule has 0 amide bonds. The van der Waals surface area contributed by atoms with Gasteiger partial charge in [0.05, 0.1) is 15.6 Å². The molecule has 0 bridgehead atoms. The van der Waals surface area contributed by atoms with Gasteiger partial charge >= 0.3 is 5.97 Å². The number of hydrogen-bond donors (Lipinski definition) is 1. The topological polar surface area (TPSA) is 74.7 Å².